The van der Waals surface area contributed by atoms with Gasteiger partial charge in [-0.25, -0.2) is 5.84 Å². The van der Waals surface area contributed by atoms with Crippen molar-refractivity contribution in [2.24, 2.45) is 5.84 Å². The Morgan fingerprint density at radius 1 is 1.53 bits per heavy atom. The van der Waals surface area contributed by atoms with Gasteiger partial charge in [-0.1, -0.05) is 18.2 Å². The summed E-state index contributed by atoms with van der Waals surface area (Å²) in [5, 5.41) is 11.2. The number of benzene rings is 1. The van der Waals surface area contributed by atoms with Crippen molar-refractivity contribution in [1.82, 2.24) is 15.3 Å². The molecule has 3 rings (SSSR count). The van der Waals surface area contributed by atoms with Crippen LogP contribution in [-0.2, 0) is 13.0 Å². The Balaban J connectivity index is 2.05. The summed E-state index contributed by atoms with van der Waals surface area (Å²) in [6, 6.07) is 8.18. The first-order valence-electron chi connectivity index (χ1n) is 6.21. The van der Waals surface area contributed by atoms with Gasteiger partial charge in [-0.3, -0.25) is 0 Å². The molecule has 0 spiro atoms. The van der Waals surface area contributed by atoms with Crippen LogP contribution < -0.4 is 11.3 Å². The van der Waals surface area contributed by atoms with Crippen LogP contribution in [0.25, 0.3) is 10.9 Å². The predicted octanol–water partition coefficient (Wildman–Crippen LogP) is 0.635. The summed E-state index contributed by atoms with van der Waals surface area (Å²) >= 11 is 5.19. The number of rotatable bonds is 1. The first kappa shape index (κ1) is 12.4. The average Bonchev–Trinajstić information content (AvgIpc) is 2.82. The molecule has 1 aromatic heterocycles. The molecular weight excluding hydrogens is 260 g/mol. The third-order valence-electron chi connectivity index (χ3n) is 3.71. The Labute approximate surface area is 116 Å². The number of aliphatic hydroxyl groups is 1. The zero-order valence-electron chi connectivity index (χ0n) is 10.4. The van der Waals surface area contributed by atoms with Gasteiger partial charge in [-0.2, -0.15) is 0 Å². The van der Waals surface area contributed by atoms with Crippen LogP contribution in [0.4, 0.5) is 0 Å². The summed E-state index contributed by atoms with van der Waals surface area (Å²) in [7, 11) is 0. The summed E-state index contributed by atoms with van der Waals surface area (Å²) < 4.78 is 0. The number of hydrogen-bond acceptors (Lipinski definition) is 3. The molecule has 0 bridgehead atoms. The zero-order valence-corrected chi connectivity index (χ0v) is 11.2. The van der Waals surface area contributed by atoms with E-state index >= 15 is 0 Å². The summed E-state index contributed by atoms with van der Waals surface area (Å²) in [6.07, 6.45) is 0.762. The molecule has 0 saturated heterocycles. The van der Waals surface area contributed by atoms with Crippen molar-refractivity contribution in [2.75, 3.05) is 6.61 Å². The van der Waals surface area contributed by atoms with Crippen molar-refractivity contribution in [3.05, 3.63) is 35.5 Å². The summed E-state index contributed by atoms with van der Waals surface area (Å²) in [4.78, 5) is 5.34. The van der Waals surface area contributed by atoms with Crippen molar-refractivity contribution >= 4 is 28.2 Å². The molecule has 5 N–H and O–H groups in total. The SMILES string of the molecule is NNC(=S)N1Cc2[nH]c3ccccc3c2CC1CO. The number of nitrogens with one attached hydrogen (secondary N) is 2. The van der Waals surface area contributed by atoms with Gasteiger partial charge in [-0.05, 0) is 30.3 Å². The van der Waals surface area contributed by atoms with Gasteiger partial charge < -0.3 is 20.4 Å². The lowest BCUT2D eigenvalue weighted by Crippen LogP contribution is -2.51. The summed E-state index contributed by atoms with van der Waals surface area (Å²) in [5.74, 6) is 5.39. The van der Waals surface area contributed by atoms with E-state index in [-0.39, 0.29) is 12.6 Å². The Kier molecular flexibility index (Phi) is 3.14. The molecule has 2 heterocycles. The maximum Gasteiger partial charge on any atom is 0.183 e. The Morgan fingerprint density at radius 3 is 3.05 bits per heavy atom. The van der Waals surface area contributed by atoms with E-state index in [1.165, 1.54) is 10.9 Å². The number of thiocarbonyl (C=S) groups is 1. The highest BCUT2D eigenvalue weighted by atomic mass is 32.1. The second-order valence-electron chi connectivity index (χ2n) is 4.75. The third-order valence-corrected chi connectivity index (χ3v) is 4.06. The van der Waals surface area contributed by atoms with Gasteiger partial charge in [0.15, 0.2) is 5.11 Å². The van der Waals surface area contributed by atoms with E-state index in [0.717, 1.165) is 17.6 Å². The van der Waals surface area contributed by atoms with E-state index in [1.54, 1.807) is 0 Å². The quantitative estimate of drug-likeness (QED) is 0.349. The minimum Gasteiger partial charge on any atom is -0.394 e. The lowest BCUT2D eigenvalue weighted by atomic mass is 9.97. The molecule has 1 aliphatic heterocycles. The Morgan fingerprint density at radius 2 is 2.32 bits per heavy atom. The first-order valence-corrected chi connectivity index (χ1v) is 6.62. The third kappa shape index (κ3) is 1.98. The highest BCUT2D eigenvalue weighted by molar-refractivity contribution is 7.80. The number of aliphatic hydroxyl groups excluding tert-OH is 1. The van der Waals surface area contributed by atoms with Crippen molar-refractivity contribution in [3.8, 4) is 0 Å². The van der Waals surface area contributed by atoms with Crippen LogP contribution in [0.2, 0.25) is 0 Å². The molecule has 100 valence electrons. The zero-order chi connectivity index (χ0) is 13.4. The van der Waals surface area contributed by atoms with Crippen LogP contribution in [0.5, 0.6) is 0 Å². The van der Waals surface area contributed by atoms with Gasteiger partial charge in [0, 0.05) is 16.6 Å². The second-order valence-corrected chi connectivity index (χ2v) is 5.13. The van der Waals surface area contributed by atoms with E-state index in [9.17, 15) is 5.11 Å². The van der Waals surface area contributed by atoms with Crippen LogP contribution in [0, 0.1) is 0 Å². The van der Waals surface area contributed by atoms with Crippen LogP contribution in [0.1, 0.15) is 11.3 Å². The standard InChI is InChI=1S/C13H16N4OS/c14-16-13(19)17-6-12-10(5-8(17)7-18)9-3-1-2-4-11(9)15-12/h1-4,8,15,18H,5-7,14H2,(H,16,19). The number of hydrazine groups is 1. The second kappa shape index (κ2) is 4.80. The Bertz CT molecular complexity index is 624. The number of para-hydroxylation sites is 1. The highest BCUT2D eigenvalue weighted by Crippen LogP contribution is 2.30. The molecular formula is C13H16N4OS. The maximum atomic E-state index is 9.56. The lowest BCUT2D eigenvalue weighted by Gasteiger charge is -2.36. The van der Waals surface area contributed by atoms with Crippen molar-refractivity contribution in [1.29, 1.82) is 0 Å². The van der Waals surface area contributed by atoms with E-state index in [0.29, 0.717) is 11.7 Å². The fourth-order valence-corrected chi connectivity index (χ4v) is 2.97. The minimum absolute atomic E-state index is 0.0322. The number of aromatic amines is 1. The van der Waals surface area contributed by atoms with Gasteiger partial charge in [0.25, 0.3) is 0 Å². The number of nitrogens with two attached hydrogens (primary N) is 1. The molecule has 0 saturated carbocycles. The first-order chi connectivity index (χ1) is 9.24. The molecule has 6 heteroatoms. The van der Waals surface area contributed by atoms with E-state index < -0.39 is 0 Å². The van der Waals surface area contributed by atoms with Gasteiger partial charge in [-0.15, -0.1) is 0 Å². The van der Waals surface area contributed by atoms with Crippen LogP contribution in [0.3, 0.4) is 0 Å². The van der Waals surface area contributed by atoms with Crippen LogP contribution in [-0.4, -0.2) is 32.8 Å². The molecule has 1 aromatic carbocycles. The van der Waals surface area contributed by atoms with Gasteiger partial charge >= 0.3 is 0 Å². The normalized spacial score (nSPS) is 18.4. The molecule has 2 aromatic rings. The van der Waals surface area contributed by atoms with E-state index in [4.69, 9.17) is 18.1 Å². The van der Waals surface area contributed by atoms with Crippen molar-refractivity contribution in [3.63, 3.8) is 0 Å². The maximum absolute atomic E-state index is 9.56. The van der Waals surface area contributed by atoms with Crippen LogP contribution >= 0.6 is 12.2 Å². The van der Waals surface area contributed by atoms with E-state index in [1.807, 2.05) is 17.0 Å². The number of hydrogen-bond donors (Lipinski definition) is 4. The summed E-state index contributed by atoms with van der Waals surface area (Å²) in [5.41, 5.74) is 6.03. The molecule has 19 heavy (non-hydrogen) atoms. The van der Waals surface area contributed by atoms with Crippen molar-refractivity contribution < 1.29 is 5.11 Å². The Hall–Kier alpha value is -1.63. The topological polar surface area (TPSA) is 77.3 Å². The molecule has 5 nitrogen and oxygen atoms in total. The number of aromatic nitrogens is 1. The number of H-pyrrole nitrogens is 1. The lowest BCUT2D eigenvalue weighted by molar-refractivity contribution is 0.164. The molecule has 0 radical (unpaired) electrons. The van der Waals surface area contributed by atoms with Gasteiger partial charge in [0.05, 0.1) is 19.2 Å². The van der Waals surface area contributed by atoms with Gasteiger partial charge in [0.2, 0.25) is 0 Å². The van der Waals surface area contributed by atoms with E-state index in [2.05, 4.69) is 22.5 Å². The highest BCUT2D eigenvalue weighted by Gasteiger charge is 2.29. The monoisotopic (exact) mass is 276 g/mol. The predicted molar refractivity (Wildman–Crippen MR) is 78.3 cm³/mol. The number of nitrogens with zero attached hydrogens (tertiary/aromatic N) is 1. The number of fused-ring (bicyclic) bond motifs is 3. The smallest absolute Gasteiger partial charge is 0.183 e. The molecule has 1 atom stereocenters. The van der Waals surface area contributed by atoms with Gasteiger partial charge in [0.1, 0.15) is 0 Å². The summed E-state index contributed by atoms with van der Waals surface area (Å²) in [6.45, 7) is 0.693. The molecule has 1 aliphatic rings. The molecule has 0 fully saturated rings. The minimum atomic E-state index is -0.0322. The van der Waals surface area contributed by atoms with Crippen molar-refractivity contribution in [2.45, 2.75) is 19.0 Å². The van der Waals surface area contributed by atoms with Crippen LogP contribution in [0.15, 0.2) is 24.3 Å². The fourth-order valence-electron chi connectivity index (χ4n) is 2.75. The fraction of sp³-hybridized carbons (Fsp3) is 0.308. The average molecular weight is 276 g/mol. The molecule has 0 amide bonds. The molecule has 0 aliphatic carbocycles. The molecule has 1 unspecified atom stereocenters. The largest absolute Gasteiger partial charge is 0.394 e.